The molecule has 1 saturated heterocycles. The van der Waals surface area contributed by atoms with Gasteiger partial charge in [0.15, 0.2) is 0 Å². The molecule has 0 aliphatic carbocycles. The van der Waals surface area contributed by atoms with Crippen molar-refractivity contribution in [2.24, 2.45) is 5.92 Å². The van der Waals surface area contributed by atoms with Crippen molar-refractivity contribution in [1.82, 2.24) is 4.31 Å². The van der Waals surface area contributed by atoms with E-state index >= 15 is 0 Å². The van der Waals surface area contributed by atoms with Crippen LogP contribution >= 0.6 is 0 Å². The number of sulfonamides is 1. The average molecular weight is 311 g/mol. The quantitative estimate of drug-likeness (QED) is 0.776. The molecule has 1 aromatic rings. The molecule has 0 aromatic heterocycles. The molecule has 118 valence electrons. The van der Waals surface area contributed by atoms with Crippen molar-refractivity contribution in [3.8, 4) is 0 Å². The van der Waals surface area contributed by atoms with Crippen molar-refractivity contribution in [3.63, 3.8) is 0 Å². The summed E-state index contributed by atoms with van der Waals surface area (Å²) < 4.78 is 31.4. The zero-order valence-corrected chi connectivity index (χ0v) is 13.5. The monoisotopic (exact) mass is 311 g/mol. The van der Waals surface area contributed by atoms with Crippen LogP contribution in [0.2, 0.25) is 0 Å². The number of ether oxygens (including phenoxy) is 1. The van der Waals surface area contributed by atoms with Gasteiger partial charge in [-0.25, -0.2) is 12.7 Å². The van der Waals surface area contributed by atoms with Crippen molar-refractivity contribution in [1.29, 1.82) is 0 Å². The normalized spacial score (nSPS) is 17.2. The Morgan fingerprint density at radius 2 is 1.86 bits per heavy atom. The SMILES string of the molecule is CN(CC1CCOCC1)S(=O)(=O)CCCc1ccccc1. The lowest BCUT2D eigenvalue weighted by Crippen LogP contribution is -2.35. The van der Waals surface area contributed by atoms with Crippen LogP contribution in [0.3, 0.4) is 0 Å². The topological polar surface area (TPSA) is 46.6 Å². The summed E-state index contributed by atoms with van der Waals surface area (Å²) in [4.78, 5) is 0. The summed E-state index contributed by atoms with van der Waals surface area (Å²) in [6, 6.07) is 10.0. The largest absolute Gasteiger partial charge is 0.381 e. The van der Waals surface area contributed by atoms with Gasteiger partial charge in [-0.3, -0.25) is 0 Å². The summed E-state index contributed by atoms with van der Waals surface area (Å²) >= 11 is 0. The first-order valence-corrected chi connectivity index (χ1v) is 9.24. The number of hydrogen-bond acceptors (Lipinski definition) is 3. The minimum atomic E-state index is -3.14. The van der Waals surface area contributed by atoms with Crippen molar-refractivity contribution in [3.05, 3.63) is 35.9 Å². The molecule has 2 rings (SSSR count). The van der Waals surface area contributed by atoms with Gasteiger partial charge >= 0.3 is 0 Å². The number of nitrogens with zero attached hydrogens (tertiary/aromatic N) is 1. The summed E-state index contributed by atoms with van der Waals surface area (Å²) in [5.74, 6) is 0.661. The molecule has 1 fully saturated rings. The fraction of sp³-hybridized carbons (Fsp3) is 0.625. The van der Waals surface area contributed by atoms with Crippen LogP contribution in [0.15, 0.2) is 30.3 Å². The maximum Gasteiger partial charge on any atom is 0.213 e. The fourth-order valence-electron chi connectivity index (χ4n) is 2.67. The summed E-state index contributed by atoms with van der Waals surface area (Å²) in [6.45, 7) is 2.14. The molecule has 0 spiro atoms. The molecular formula is C16H25NO3S. The molecule has 4 nitrogen and oxygen atoms in total. The lowest BCUT2D eigenvalue weighted by atomic mass is 10.0. The Labute approximate surface area is 128 Å². The van der Waals surface area contributed by atoms with E-state index in [2.05, 4.69) is 0 Å². The van der Waals surface area contributed by atoms with E-state index in [0.717, 1.165) is 32.5 Å². The van der Waals surface area contributed by atoms with Gasteiger partial charge in [0, 0.05) is 26.8 Å². The highest BCUT2D eigenvalue weighted by molar-refractivity contribution is 7.89. The maximum absolute atomic E-state index is 12.3. The molecule has 0 saturated carbocycles. The highest BCUT2D eigenvalue weighted by Crippen LogP contribution is 2.17. The molecule has 1 aliphatic rings. The fourth-order valence-corrected chi connectivity index (χ4v) is 3.92. The average Bonchev–Trinajstić information content (AvgIpc) is 2.49. The zero-order valence-electron chi connectivity index (χ0n) is 12.7. The predicted octanol–water partition coefficient (Wildman–Crippen LogP) is 2.31. The van der Waals surface area contributed by atoms with E-state index < -0.39 is 10.0 Å². The molecule has 1 heterocycles. The summed E-state index contributed by atoms with van der Waals surface area (Å²) in [7, 11) is -1.44. The van der Waals surface area contributed by atoms with E-state index in [9.17, 15) is 8.42 Å². The molecular weight excluding hydrogens is 286 g/mol. The number of hydrogen-bond donors (Lipinski definition) is 0. The van der Waals surface area contributed by atoms with Crippen LogP contribution in [-0.2, 0) is 21.2 Å². The Morgan fingerprint density at radius 3 is 2.52 bits per heavy atom. The molecule has 0 N–H and O–H groups in total. The van der Waals surface area contributed by atoms with Gasteiger partial charge in [-0.1, -0.05) is 30.3 Å². The Kier molecular flexibility index (Phi) is 6.21. The molecule has 0 amide bonds. The van der Waals surface area contributed by atoms with Gasteiger partial charge < -0.3 is 4.74 Å². The molecule has 21 heavy (non-hydrogen) atoms. The molecule has 0 bridgehead atoms. The van der Waals surface area contributed by atoms with Crippen LogP contribution in [0.4, 0.5) is 0 Å². The number of rotatable bonds is 7. The van der Waals surface area contributed by atoms with E-state index in [1.54, 1.807) is 7.05 Å². The van der Waals surface area contributed by atoms with Crippen molar-refractivity contribution in [2.75, 3.05) is 32.6 Å². The van der Waals surface area contributed by atoms with Gasteiger partial charge in [0.2, 0.25) is 10.0 Å². The Bertz CT molecular complexity index is 510. The Hall–Kier alpha value is -0.910. The molecule has 5 heteroatoms. The van der Waals surface area contributed by atoms with Crippen LogP contribution < -0.4 is 0 Å². The Morgan fingerprint density at radius 1 is 1.19 bits per heavy atom. The lowest BCUT2D eigenvalue weighted by Gasteiger charge is -2.26. The second-order valence-electron chi connectivity index (χ2n) is 5.74. The first-order valence-electron chi connectivity index (χ1n) is 7.63. The van der Waals surface area contributed by atoms with Crippen molar-refractivity contribution < 1.29 is 13.2 Å². The van der Waals surface area contributed by atoms with Gasteiger partial charge in [-0.2, -0.15) is 0 Å². The zero-order chi connectivity index (χ0) is 15.1. The van der Waals surface area contributed by atoms with Gasteiger partial charge in [0.1, 0.15) is 0 Å². The summed E-state index contributed by atoms with van der Waals surface area (Å²) in [5.41, 5.74) is 1.19. The van der Waals surface area contributed by atoms with Gasteiger partial charge in [0.05, 0.1) is 5.75 Å². The van der Waals surface area contributed by atoms with Crippen molar-refractivity contribution in [2.45, 2.75) is 25.7 Å². The number of benzene rings is 1. The second kappa shape index (κ2) is 7.92. The molecule has 1 aromatic carbocycles. The summed E-state index contributed by atoms with van der Waals surface area (Å²) in [5, 5.41) is 0. The van der Waals surface area contributed by atoms with E-state index in [4.69, 9.17) is 4.74 Å². The Balaban J connectivity index is 1.77. The third-order valence-corrected chi connectivity index (χ3v) is 5.95. The van der Waals surface area contributed by atoms with Crippen LogP contribution in [0.25, 0.3) is 0 Å². The van der Waals surface area contributed by atoms with Crippen LogP contribution in [0.5, 0.6) is 0 Å². The first kappa shape index (κ1) is 16.5. The minimum Gasteiger partial charge on any atom is -0.381 e. The third-order valence-electron chi connectivity index (χ3n) is 4.04. The van der Waals surface area contributed by atoms with E-state index in [0.29, 0.717) is 18.9 Å². The highest BCUT2D eigenvalue weighted by Gasteiger charge is 2.22. The van der Waals surface area contributed by atoms with E-state index in [1.165, 1.54) is 9.87 Å². The molecule has 0 atom stereocenters. The van der Waals surface area contributed by atoms with Gasteiger partial charge in [-0.15, -0.1) is 0 Å². The minimum absolute atomic E-state index is 0.224. The maximum atomic E-state index is 12.3. The van der Waals surface area contributed by atoms with Crippen LogP contribution in [-0.4, -0.2) is 45.3 Å². The van der Waals surface area contributed by atoms with Gasteiger partial charge in [-0.05, 0) is 37.2 Å². The third kappa shape index (κ3) is 5.41. The predicted molar refractivity (Wildman–Crippen MR) is 84.7 cm³/mol. The molecule has 0 radical (unpaired) electrons. The van der Waals surface area contributed by atoms with Gasteiger partial charge in [0.25, 0.3) is 0 Å². The van der Waals surface area contributed by atoms with E-state index in [1.807, 2.05) is 30.3 Å². The summed E-state index contributed by atoms with van der Waals surface area (Å²) in [6.07, 6.45) is 3.41. The van der Waals surface area contributed by atoms with Crippen molar-refractivity contribution >= 4 is 10.0 Å². The second-order valence-corrected chi connectivity index (χ2v) is 7.94. The highest BCUT2D eigenvalue weighted by atomic mass is 32.2. The molecule has 0 unspecified atom stereocenters. The molecule has 1 aliphatic heterocycles. The van der Waals surface area contributed by atoms with E-state index in [-0.39, 0.29) is 5.75 Å². The first-order chi connectivity index (χ1) is 10.1. The standard InChI is InChI=1S/C16H25NO3S/c1-17(14-16-9-11-20-12-10-16)21(18,19)13-5-8-15-6-3-2-4-7-15/h2-4,6-7,16H,5,8-14H2,1H3. The lowest BCUT2D eigenvalue weighted by molar-refractivity contribution is 0.0620. The van der Waals surface area contributed by atoms with Crippen LogP contribution in [0, 0.1) is 5.92 Å². The van der Waals surface area contributed by atoms with Crippen LogP contribution in [0.1, 0.15) is 24.8 Å². The number of aryl methyl sites for hydroxylation is 1. The smallest absolute Gasteiger partial charge is 0.213 e.